The van der Waals surface area contributed by atoms with Gasteiger partial charge in [0.25, 0.3) is 5.95 Å². The van der Waals surface area contributed by atoms with E-state index in [1.54, 1.807) is 0 Å². The summed E-state index contributed by atoms with van der Waals surface area (Å²) < 4.78 is 40.2. The van der Waals surface area contributed by atoms with Gasteiger partial charge in [-0.25, -0.2) is 0 Å². The average molecular weight is 228 g/mol. The quantitative estimate of drug-likeness (QED) is 0.802. The first-order chi connectivity index (χ1) is 6.54. The maximum atomic E-state index is 12.9. The molecular formula is C6H5ClF3N3O. The molecule has 1 heterocycles. The molecule has 0 amide bonds. The molecular weight excluding hydrogens is 223 g/mol. The predicted octanol–water partition coefficient (Wildman–Crippen LogP) is 1.91. The van der Waals surface area contributed by atoms with Gasteiger partial charge in [0.05, 0.1) is 0 Å². The Balaban J connectivity index is 3.05. The number of ether oxygens (including phenoxy) is 1. The average Bonchev–Trinajstić information content (AvgIpc) is 2.10. The first-order valence-corrected chi connectivity index (χ1v) is 3.78. The van der Waals surface area contributed by atoms with E-state index >= 15 is 0 Å². The highest BCUT2D eigenvalue weighted by Crippen LogP contribution is 2.27. The van der Waals surface area contributed by atoms with Gasteiger partial charge in [0.1, 0.15) is 0 Å². The Morgan fingerprint density at radius 3 is 2.50 bits per heavy atom. The molecule has 1 N–H and O–H groups in total. The largest absolute Gasteiger partial charge is 0.427 e. The van der Waals surface area contributed by atoms with Crippen molar-refractivity contribution in [1.82, 2.24) is 9.97 Å². The van der Waals surface area contributed by atoms with Gasteiger partial charge in [0.15, 0.2) is 5.15 Å². The molecule has 0 aliphatic rings. The minimum absolute atomic E-state index is 0.117. The van der Waals surface area contributed by atoms with Crippen LogP contribution in [-0.4, -0.2) is 23.6 Å². The van der Waals surface area contributed by atoms with E-state index < -0.39 is 23.5 Å². The van der Waals surface area contributed by atoms with Gasteiger partial charge in [0, 0.05) is 7.05 Å². The van der Waals surface area contributed by atoms with E-state index in [4.69, 9.17) is 11.6 Å². The summed E-state index contributed by atoms with van der Waals surface area (Å²) in [4.78, 5) is 6.62. The fourth-order valence-electron chi connectivity index (χ4n) is 0.696. The second kappa shape index (κ2) is 4.32. The van der Waals surface area contributed by atoms with Crippen molar-refractivity contribution in [2.45, 2.75) is 6.61 Å². The smallest absolute Gasteiger partial charge is 0.387 e. The van der Waals surface area contributed by atoms with Crippen molar-refractivity contribution in [3.05, 3.63) is 11.1 Å². The molecule has 1 aromatic rings. The van der Waals surface area contributed by atoms with E-state index in [1.165, 1.54) is 7.05 Å². The zero-order valence-corrected chi connectivity index (χ0v) is 7.65. The second-order valence-electron chi connectivity index (χ2n) is 2.09. The van der Waals surface area contributed by atoms with E-state index in [-0.39, 0.29) is 5.95 Å². The third kappa shape index (κ3) is 2.38. The molecule has 0 bridgehead atoms. The van der Waals surface area contributed by atoms with Crippen LogP contribution in [0.2, 0.25) is 5.15 Å². The van der Waals surface area contributed by atoms with Crippen LogP contribution < -0.4 is 10.1 Å². The van der Waals surface area contributed by atoms with Crippen LogP contribution >= 0.6 is 11.6 Å². The summed E-state index contributed by atoms with van der Waals surface area (Å²) in [6.45, 7) is -3.17. The van der Waals surface area contributed by atoms with E-state index in [0.717, 1.165) is 0 Å². The topological polar surface area (TPSA) is 47.0 Å². The Hall–Kier alpha value is -1.24. The standard InChI is InChI=1S/C6H5ClF3N3O/c1-11-6-12-3(7)2(4(8)13-6)14-5(9)10/h5H,1H3,(H,11,12,13). The van der Waals surface area contributed by atoms with Gasteiger partial charge in [-0.2, -0.15) is 23.1 Å². The van der Waals surface area contributed by atoms with Gasteiger partial charge in [-0.05, 0) is 0 Å². The van der Waals surface area contributed by atoms with E-state index in [2.05, 4.69) is 20.0 Å². The number of hydrogen-bond acceptors (Lipinski definition) is 4. The summed E-state index contributed by atoms with van der Waals surface area (Å²) in [7, 11) is 1.43. The van der Waals surface area contributed by atoms with E-state index in [0.29, 0.717) is 0 Å². The van der Waals surface area contributed by atoms with Gasteiger partial charge < -0.3 is 10.1 Å². The SMILES string of the molecule is CNc1nc(F)c(OC(F)F)c(Cl)n1. The van der Waals surface area contributed by atoms with Crippen LogP contribution in [0.15, 0.2) is 0 Å². The molecule has 0 saturated heterocycles. The van der Waals surface area contributed by atoms with Gasteiger partial charge in [0.2, 0.25) is 11.7 Å². The molecule has 4 nitrogen and oxygen atoms in total. The van der Waals surface area contributed by atoms with Gasteiger partial charge >= 0.3 is 6.61 Å². The second-order valence-corrected chi connectivity index (χ2v) is 2.44. The first kappa shape index (κ1) is 10.8. The van der Waals surface area contributed by atoms with E-state index in [1.807, 2.05) is 0 Å². The molecule has 0 atom stereocenters. The highest BCUT2D eigenvalue weighted by Gasteiger charge is 2.17. The van der Waals surface area contributed by atoms with Crippen molar-refractivity contribution < 1.29 is 17.9 Å². The number of hydrogen-bond donors (Lipinski definition) is 1. The van der Waals surface area contributed by atoms with Crippen molar-refractivity contribution in [2.24, 2.45) is 0 Å². The number of anilines is 1. The molecule has 0 spiro atoms. The normalized spacial score (nSPS) is 10.4. The van der Waals surface area contributed by atoms with Crippen LogP contribution in [0.5, 0.6) is 5.75 Å². The Bertz CT molecular complexity index is 313. The lowest BCUT2D eigenvalue weighted by Gasteiger charge is -2.07. The van der Waals surface area contributed by atoms with Crippen LogP contribution in [0.4, 0.5) is 19.1 Å². The van der Waals surface area contributed by atoms with Crippen molar-refractivity contribution in [3.63, 3.8) is 0 Å². The molecule has 8 heteroatoms. The van der Waals surface area contributed by atoms with Crippen LogP contribution in [0.3, 0.4) is 0 Å². The maximum absolute atomic E-state index is 12.9. The Labute approximate surface area is 82.1 Å². The van der Waals surface area contributed by atoms with Gasteiger partial charge in [-0.3, -0.25) is 0 Å². The van der Waals surface area contributed by atoms with Crippen LogP contribution in [-0.2, 0) is 0 Å². The summed E-state index contributed by atoms with van der Waals surface area (Å²) in [5.41, 5.74) is 0. The zero-order chi connectivity index (χ0) is 10.7. The van der Waals surface area contributed by atoms with Crippen molar-refractivity contribution in [3.8, 4) is 5.75 Å². The number of nitrogens with one attached hydrogen (secondary N) is 1. The molecule has 0 unspecified atom stereocenters. The highest BCUT2D eigenvalue weighted by atomic mass is 35.5. The Morgan fingerprint density at radius 2 is 2.07 bits per heavy atom. The fraction of sp³-hybridized carbons (Fsp3) is 0.333. The summed E-state index contributed by atoms with van der Waals surface area (Å²) in [6.07, 6.45) is 0. The van der Waals surface area contributed by atoms with E-state index in [9.17, 15) is 13.2 Å². The Kier molecular flexibility index (Phi) is 3.34. The zero-order valence-electron chi connectivity index (χ0n) is 6.89. The van der Waals surface area contributed by atoms with Gasteiger partial charge in [-0.15, -0.1) is 0 Å². The number of rotatable bonds is 3. The van der Waals surface area contributed by atoms with Crippen molar-refractivity contribution >= 4 is 17.5 Å². The minimum Gasteiger partial charge on any atom is -0.427 e. The van der Waals surface area contributed by atoms with Crippen LogP contribution in [0, 0.1) is 5.95 Å². The monoisotopic (exact) mass is 227 g/mol. The van der Waals surface area contributed by atoms with Crippen LogP contribution in [0.25, 0.3) is 0 Å². The highest BCUT2D eigenvalue weighted by molar-refractivity contribution is 6.30. The molecule has 0 fully saturated rings. The molecule has 1 aromatic heterocycles. The van der Waals surface area contributed by atoms with Crippen LogP contribution in [0.1, 0.15) is 0 Å². The number of nitrogens with zero attached hydrogens (tertiary/aromatic N) is 2. The lowest BCUT2D eigenvalue weighted by atomic mass is 10.6. The third-order valence-corrected chi connectivity index (χ3v) is 1.47. The minimum atomic E-state index is -3.17. The lowest BCUT2D eigenvalue weighted by molar-refractivity contribution is -0.0528. The molecule has 78 valence electrons. The lowest BCUT2D eigenvalue weighted by Crippen LogP contribution is -2.08. The molecule has 1 rings (SSSR count). The molecule has 14 heavy (non-hydrogen) atoms. The third-order valence-electron chi connectivity index (χ3n) is 1.21. The summed E-state index contributed by atoms with van der Waals surface area (Å²) in [5, 5.41) is 1.89. The molecule has 0 aliphatic heterocycles. The molecule has 0 radical (unpaired) electrons. The molecule has 0 aromatic carbocycles. The first-order valence-electron chi connectivity index (χ1n) is 3.40. The number of halogens is 4. The summed E-state index contributed by atoms with van der Waals surface area (Å²) in [6, 6.07) is 0. The number of alkyl halides is 2. The van der Waals surface area contributed by atoms with Gasteiger partial charge in [-0.1, -0.05) is 11.6 Å². The maximum Gasteiger partial charge on any atom is 0.387 e. The summed E-state index contributed by atoms with van der Waals surface area (Å²) >= 11 is 5.37. The van der Waals surface area contributed by atoms with Crippen molar-refractivity contribution in [1.29, 1.82) is 0 Å². The summed E-state index contributed by atoms with van der Waals surface area (Å²) in [5.74, 6) is -2.22. The predicted molar refractivity (Wildman–Crippen MR) is 43.2 cm³/mol. The number of aromatic nitrogens is 2. The molecule has 0 saturated carbocycles. The fourth-order valence-corrected chi connectivity index (χ4v) is 0.898. The van der Waals surface area contributed by atoms with Crippen molar-refractivity contribution in [2.75, 3.05) is 12.4 Å². The Morgan fingerprint density at radius 1 is 1.43 bits per heavy atom. The molecule has 0 aliphatic carbocycles.